The number of carbonyl (C=O) groups excluding carboxylic acids is 2. The number of carbonyl (C=O) groups is 2. The van der Waals surface area contributed by atoms with E-state index in [1.807, 2.05) is 30.3 Å². The van der Waals surface area contributed by atoms with Crippen LogP contribution in [0.3, 0.4) is 0 Å². The molecule has 0 aliphatic rings. The second kappa shape index (κ2) is 15.6. The molecule has 1 N–H and O–H groups in total. The lowest BCUT2D eigenvalue weighted by molar-refractivity contribution is -0.140. The maximum atomic E-state index is 14.4. The average molecular weight is 668 g/mol. The fraction of sp³-hybridized carbons (Fsp3) is 0.235. The SMILES string of the molecule is CCNC(=O)C(Cc1ccccc1)N(Cc1ccccc1Cl)C(=O)CN(c1ccc(F)cc1)S(=O)(=O)c1ccc(OC)c(OC)c1. The van der Waals surface area contributed by atoms with E-state index in [4.69, 9.17) is 21.1 Å². The van der Waals surface area contributed by atoms with Gasteiger partial charge in [0.05, 0.1) is 24.8 Å². The maximum absolute atomic E-state index is 14.4. The van der Waals surface area contributed by atoms with E-state index in [-0.39, 0.29) is 29.3 Å². The number of hydrogen-bond donors (Lipinski definition) is 1. The molecule has 0 bridgehead atoms. The van der Waals surface area contributed by atoms with Gasteiger partial charge in [-0.1, -0.05) is 60.1 Å². The number of methoxy groups -OCH3 is 2. The predicted molar refractivity (Wildman–Crippen MR) is 175 cm³/mol. The van der Waals surface area contributed by atoms with Crippen molar-refractivity contribution in [3.8, 4) is 11.5 Å². The first-order chi connectivity index (χ1) is 22.1. The number of anilines is 1. The number of halogens is 2. The molecule has 4 aromatic rings. The molecule has 0 saturated carbocycles. The fourth-order valence-electron chi connectivity index (χ4n) is 4.90. The quantitative estimate of drug-likeness (QED) is 0.191. The number of amides is 2. The van der Waals surface area contributed by atoms with Crippen molar-refractivity contribution in [1.29, 1.82) is 0 Å². The van der Waals surface area contributed by atoms with Gasteiger partial charge in [0.25, 0.3) is 10.0 Å². The first-order valence-electron chi connectivity index (χ1n) is 14.4. The number of sulfonamides is 1. The van der Waals surface area contributed by atoms with Gasteiger partial charge in [-0.25, -0.2) is 12.8 Å². The van der Waals surface area contributed by atoms with E-state index < -0.39 is 40.2 Å². The molecule has 1 atom stereocenters. The van der Waals surface area contributed by atoms with Crippen molar-refractivity contribution in [3.63, 3.8) is 0 Å². The molecule has 0 aromatic heterocycles. The van der Waals surface area contributed by atoms with Gasteiger partial charge in [-0.05, 0) is 60.5 Å². The van der Waals surface area contributed by atoms with Crippen LogP contribution in [-0.2, 0) is 32.6 Å². The number of nitrogens with zero attached hydrogens (tertiary/aromatic N) is 2. The Morgan fingerprint density at radius 2 is 1.54 bits per heavy atom. The number of likely N-dealkylation sites (N-methyl/N-ethyl adjacent to an activating group) is 1. The summed E-state index contributed by atoms with van der Waals surface area (Å²) in [5.74, 6) is -1.21. The molecule has 4 aromatic carbocycles. The minimum absolute atomic E-state index is 0.0415. The van der Waals surface area contributed by atoms with Gasteiger partial charge in [-0.15, -0.1) is 0 Å². The van der Waals surface area contributed by atoms with E-state index in [9.17, 15) is 22.4 Å². The normalized spacial score (nSPS) is 11.8. The second-order valence-electron chi connectivity index (χ2n) is 10.2. The first-order valence-corrected chi connectivity index (χ1v) is 16.3. The number of rotatable bonds is 14. The molecule has 12 heteroatoms. The molecule has 9 nitrogen and oxygen atoms in total. The summed E-state index contributed by atoms with van der Waals surface area (Å²) >= 11 is 6.50. The minimum Gasteiger partial charge on any atom is -0.493 e. The summed E-state index contributed by atoms with van der Waals surface area (Å²) in [5, 5.41) is 3.19. The third kappa shape index (κ3) is 8.15. The van der Waals surface area contributed by atoms with Crippen molar-refractivity contribution >= 4 is 39.1 Å². The van der Waals surface area contributed by atoms with Crippen molar-refractivity contribution in [3.05, 3.63) is 119 Å². The molecule has 0 aliphatic heterocycles. The lowest BCUT2D eigenvalue weighted by Crippen LogP contribution is -2.53. The Morgan fingerprint density at radius 1 is 0.891 bits per heavy atom. The second-order valence-corrected chi connectivity index (χ2v) is 12.5. The number of ether oxygens (including phenoxy) is 2. The van der Waals surface area contributed by atoms with Crippen LogP contribution in [0.1, 0.15) is 18.1 Å². The smallest absolute Gasteiger partial charge is 0.264 e. The molecule has 46 heavy (non-hydrogen) atoms. The van der Waals surface area contributed by atoms with Crippen molar-refractivity contribution in [2.24, 2.45) is 0 Å². The predicted octanol–water partition coefficient (Wildman–Crippen LogP) is 5.47. The van der Waals surface area contributed by atoms with Crippen LogP contribution >= 0.6 is 11.6 Å². The first kappa shape index (κ1) is 34.3. The zero-order valence-electron chi connectivity index (χ0n) is 25.7. The standard InChI is InChI=1S/C34H35ClFN3O6S/c1-4-37-34(41)30(20-24-10-6-5-7-11-24)38(22-25-12-8-9-13-29(25)35)33(40)23-39(27-16-14-26(36)15-17-27)46(42,43)28-18-19-31(44-2)32(21-28)45-3/h5-19,21,30H,4,20,22-23H2,1-3H3,(H,37,41). The topological polar surface area (TPSA) is 105 Å². The zero-order valence-corrected chi connectivity index (χ0v) is 27.2. The van der Waals surface area contributed by atoms with Crippen LogP contribution in [-0.4, -0.2) is 58.5 Å². The number of hydrogen-bond acceptors (Lipinski definition) is 6. The van der Waals surface area contributed by atoms with E-state index in [2.05, 4.69) is 5.32 Å². The highest BCUT2D eigenvalue weighted by molar-refractivity contribution is 7.92. The van der Waals surface area contributed by atoms with Gasteiger partial charge in [0.1, 0.15) is 18.4 Å². The molecule has 0 saturated heterocycles. The molecule has 0 aliphatic carbocycles. The highest BCUT2D eigenvalue weighted by Gasteiger charge is 2.35. The summed E-state index contributed by atoms with van der Waals surface area (Å²) in [6.45, 7) is 1.29. The lowest BCUT2D eigenvalue weighted by Gasteiger charge is -2.34. The molecule has 242 valence electrons. The van der Waals surface area contributed by atoms with Gasteiger partial charge >= 0.3 is 0 Å². The summed E-state index contributed by atoms with van der Waals surface area (Å²) in [7, 11) is -1.66. The number of nitrogens with one attached hydrogen (secondary N) is 1. The van der Waals surface area contributed by atoms with E-state index in [0.29, 0.717) is 22.9 Å². The molecule has 0 heterocycles. The Kier molecular flexibility index (Phi) is 11.6. The Hall–Kier alpha value is -4.61. The average Bonchev–Trinajstić information content (AvgIpc) is 3.06. The monoisotopic (exact) mass is 667 g/mol. The van der Waals surface area contributed by atoms with Crippen molar-refractivity contribution < 1.29 is 31.9 Å². The van der Waals surface area contributed by atoms with E-state index in [1.54, 1.807) is 31.2 Å². The summed E-state index contributed by atoms with van der Waals surface area (Å²) in [5.41, 5.74) is 1.40. The highest BCUT2D eigenvalue weighted by Crippen LogP contribution is 2.32. The lowest BCUT2D eigenvalue weighted by atomic mass is 10.0. The van der Waals surface area contributed by atoms with Crippen LogP contribution in [0.2, 0.25) is 5.02 Å². The van der Waals surface area contributed by atoms with Gasteiger partial charge in [0, 0.05) is 30.6 Å². The van der Waals surface area contributed by atoms with Crippen LogP contribution in [0.25, 0.3) is 0 Å². The van der Waals surface area contributed by atoms with Crippen LogP contribution in [0, 0.1) is 5.82 Å². The van der Waals surface area contributed by atoms with Crippen molar-refractivity contribution in [2.45, 2.75) is 30.8 Å². The molecular formula is C34H35ClFN3O6S. The van der Waals surface area contributed by atoms with Crippen molar-refractivity contribution in [1.82, 2.24) is 10.2 Å². The van der Waals surface area contributed by atoms with E-state index >= 15 is 0 Å². The molecule has 0 spiro atoms. The van der Waals surface area contributed by atoms with Gasteiger partial charge in [0.15, 0.2) is 11.5 Å². The molecule has 0 fully saturated rings. The van der Waals surface area contributed by atoms with Gasteiger partial charge in [0.2, 0.25) is 11.8 Å². The van der Waals surface area contributed by atoms with Crippen LogP contribution in [0.5, 0.6) is 11.5 Å². The van der Waals surface area contributed by atoms with Crippen LogP contribution < -0.4 is 19.1 Å². The van der Waals surface area contributed by atoms with E-state index in [1.165, 1.54) is 49.5 Å². The fourth-order valence-corrected chi connectivity index (χ4v) is 6.52. The highest BCUT2D eigenvalue weighted by atomic mass is 35.5. The molecule has 0 radical (unpaired) electrons. The van der Waals surface area contributed by atoms with Gasteiger partial charge in [-0.3, -0.25) is 13.9 Å². The summed E-state index contributed by atoms with van der Waals surface area (Å²) < 4.78 is 53.9. The van der Waals surface area contributed by atoms with Crippen LogP contribution in [0.4, 0.5) is 10.1 Å². The Bertz CT molecular complexity index is 1760. The summed E-state index contributed by atoms with van der Waals surface area (Å²) in [6.07, 6.45) is 0.155. The van der Waals surface area contributed by atoms with Gasteiger partial charge in [-0.2, -0.15) is 0 Å². The molecule has 1 unspecified atom stereocenters. The third-order valence-corrected chi connectivity index (χ3v) is 9.40. The Morgan fingerprint density at radius 3 is 2.17 bits per heavy atom. The molecule has 2 amide bonds. The largest absolute Gasteiger partial charge is 0.493 e. The Balaban J connectivity index is 1.82. The molecular weight excluding hydrogens is 633 g/mol. The summed E-state index contributed by atoms with van der Waals surface area (Å²) in [4.78, 5) is 29.1. The van der Waals surface area contributed by atoms with E-state index in [0.717, 1.165) is 22.0 Å². The summed E-state index contributed by atoms with van der Waals surface area (Å²) in [6, 6.07) is 23.9. The third-order valence-electron chi connectivity index (χ3n) is 7.26. The zero-order chi connectivity index (χ0) is 33.3. The number of benzene rings is 4. The van der Waals surface area contributed by atoms with Gasteiger partial charge < -0.3 is 19.7 Å². The maximum Gasteiger partial charge on any atom is 0.264 e. The van der Waals surface area contributed by atoms with Crippen LogP contribution in [0.15, 0.2) is 102 Å². The van der Waals surface area contributed by atoms with Crippen molar-refractivity contribution in [2.75, 3.05) is 31.6 Å². The Labute approximate surface area is 273 Å². The molecule has 4 rings (SSSR count). The minimum atomic E-state index is -4.45.